The van der Waals surface area contributed by atoms with Gasteiger partial charge < -0.3 is 4.74 Å². The second-order valence-electron chi connectivity index (χ2n) is 8.00. The number of ether oxygens (including phenoxy) is 1. The molecule has 3 atom stereocenters. The molecule has 2 aromatic carbocycles. The molecule has 0 bridgehead atoms. The number of rotatable bonds is 4. The fourth-order valence-corrected chi connectivity index (χ4v) is 4.01. The summed E-state index contributed by atoms with van der Waals surface area (Å²) >= 11 is 5.77. The summed E-state index contributed by atoms with van der Waals surface area (Å²) in [5, 5.41) is 0.618. The van der Waals surface area contributed by atoms with Crippen LogP contribution in [0.5, 0.6) is 0 Å². The van der Waals surface area contributed by atoms with E-state index in [2.05, 4.69) is 42.2 Å². The van der Waals surface area contributed by atoms with Crippen molar-refractivity contribution < 1.29 is 14.3 Å². The summed E-state index contributed by atoms with van der Waals surface area (Å²) in [5.74, 6) is 0.184. The third-order valence-electron chi connectivity index (χ3n) is 5.49. The first-order valence-electron chi connectivity index (χ1n) is 11.1. The Labute approximate surface area is 191 Å². The van der Waals surface area contributed by atoms with Crippen LogP contribution >= 0.6 is 11.6 Å². The van der Waals surface area contributed by atoms with E-state index < -0.39 is 6.10 Å². The summed E-state index contributed by atoms with van der Waals surface area (Å²) in [5.41, 5.74) is 2.26. The maximum atomic E-state index is 11.4. The number of cyclic esters (lactones) is 1. The normalized spacial score (nSPS) is 22.6. The molecular formula is C26H34ClNO3. The van der Waals surface area contributed by atoms with E-state index in [1.807, 2.05) is 13.8 Å². The van der Waals surface area contributed by atoms with Crippen molar-refractivity contribution in [2.75, 3.05) is 13.1 Å². The summed E-state index contributed by atoms with van der Waals surface area (Å²) in [6, 6.07) is 17.7. The molecule has 2 aliphatic heterocycles. The van der Waals surface area contributed by atoms with Crippen molar-refractivity contribution in [2.24, 2.45) is 11.8 Å². The summed E-state index contributed by atoms with van der Waals surface area (Å²) in [6.07, 6.45) is 1.08. The number of nitrogens with zero attached hydrogens (tertiary/aromatic N) is 1. The van der Waals surface area contributed by atoms with E-state index in [1.54, 1.807) is 24.3 Å². The highest BCUT2D eigenvalue weighted by Crippen LogP contribution is 2.36. The van der Waals surface area contributed by atoms with Gasteiger partial charge in [-0.15, -0.1) is 0 Å². The molecule has 0 saturated carbocycles. The minimum absolute atomic E-state index is 0.0224. The topological polar surface area (TPSA) is 46.6 Å². The van der Waals surface area contributed by atoms with Gasteiger partial charge in [0.25, 0.3) is 0 Å². The lowest BCUT2D eigenvalue weighted by atomic mass is 9.92. The number of Topliss-reactive ketones (excluding diaryl/α,β-unsaturated/α-hetero) is 1. The number of hydrogen-bond acceptors (Lipinski definition) is 4. The van der Waals surface area contributed by atoms with Gasteiger partial charge in [-0.3, -0.25) is 14.5 Å². The van der Waals surface area contributed by atoms with Crippen molar-refractivity contribution in [2.45, 2.75) is 53.2 Å². The first-order chi connectivity index (χ1) is 14.9. The van der Waals surface area contributed by atoms with Gasteiger partial charge >= 0.3 is 5.97 Å². The van der Waals surface area contributed by atoms with Gasteiger partial charge in [0.2, 0.25) is 0 Å². The highest BCUT2D eigenvalue weighted by Gasteiger charge is 2.38. The molecule has 0 spiro atoms. The quantitative estimate of drug-likeness (QED) is 0.536. The summed E-state index contributed by atoms with van der Waals surface area (Å²) in [7, 11) is 0. The molecule has 4 nitrogen and oxygen atoms in total. The Morgan fingerprint density at radius 2 is 1.74 bits per heavy atom. The van der Waals surface area contributed by atoms with Gasteiger partial charge in [-0.05, 0) is 49.1 Å². The van der Waals surface area contributed by atoms with E-state index in [9.17, 15) is 9.59 Å². The predicted molar refractivity (Wildman–Crippen MR) is 126 cm³/mol. The van der Waals surface area contributed by atoms with E-state index in [-0.39, 0.29) is 24.1 Å². The fraction of sp³-hybridized carbons (Fsp3) is 0.462. The third-order valence-corrected chi connectivity index (χ3v) is 5.74. The van der Waals surface area contributed by atoms with E-state index in [4.69, 9.17) is 16.3 Å². The van der Waals surface area contributed by atoms with Crippen LogP contribution in [-0.2, 0) is 20.9 Å². The minimum Gasteiger partial charge on any atom is -0.457 e. The number of benzene rings is 2. The first kappa shape index (κ1) is 25.1. The highest BCUT2D eigenvalue weighted by molar-refractivity contribution is 6.30. The average Bonchev–Trinajstić information content (AvgIpc) is 3.36. The van der Waals surface area contributed by atoms with E-state index in [1.165, 1.54) is 32.0 Å². The fourth-order valence-electron chi connectivity index (χ4n) is 3.88. The summed E-state index contributed by atoms with van der Waals surface area (Å²) < 4.78 is 5.16. The zero-order valence-electron chi connectivity index (χ0n) is 19.0. The molecule has 31 heavy (non-hydrogen) atoms. The smallest absolute Gasteiger partial charge is 0.307 e. The molecule has 0 amide bonds. The van der Waals surface area contributed by atoms with Gasteiger partial charge in [0.1, 0.15) is 11.9 Å². The molecular weight excluding hydrogens is 410 g/mol. The SMILES string of the molecule is CC.CC(=O)[C@H]1CC(=O)OC1c1ccc(Cl)cc1.CC1CCN(Cc2ccccc2)C1. The summed E-state index contributed by atoms with van der Waals surface area (Å²) in [4.78, 5) is 25.1. The van der Waals surface area contributed by atoms with Crippen molar-refractivity contribution >= 4 is 23.4 Å². The number of carbonyl (C=O) groups excluding carboxylic acids is 2. The monoisotopic (exact) mass is 443 g/mol. The molecule has 2 fully saturated rings. The lowest BCUT2D eigenvalue weighted by molar-refractivity contribution is -0.141. The Bertz CT molecular complexity index is 822. The zero-order chi connectivity index (χ0) is 22.8. The molecule has 0 aromatic heterocycles. The van der Waals surface area contributed by atoms with E-state index in [0.29, 0.717) is 5.02 Å². The molecule has 0 N–H and O–H groups in total. The second-order valence-corrected chi connectivity index (χ2v) is 8.43. The van der Waals surface area contributed by atoms with Gasteiger partial charge in [0.15, 0.2) is 0 Å². The van der Waals surface area contributed by atoms with Crippen LogP contribution in [0.25, 0.3) is 0 Å². The predicted octanol–water partition coefficient (Wildman–Crippen LogP) is 6.09. The molecule has 4 rings (SSSR count). The van der Waals surface area contributed by atoms with Crippen LogP contribution in [0.3, 0.4) is 0 Å². The minimum atomic E-state index is -0.456. The molecule has 2 heterocycles. The third kappa shape index (κ3) is 7.79. The van der Waals surface area contributed by atoms with Gasteiger partial charge in [-0.2, -0.15) is 0 Å². The number of hydrogen-bond donors (Lipinski definition) is 0. The zero-order valence-corrected chi connectivity index (χ0v) is 19.8. The lowest BCUT2D eigenvalue weighted by Crippen LogP contribution is -2.19. The van der Waals surface area contributed by atoms with Crippen molar-refractivity contribution in [3.8, 4) is 0 Å². The van der Waals surface area contributed by atoms with Crippen LogP contribution < -0.4 is 0 Å². The Kier molecular flexibility index (Phi) is 10.2. The Morgan fingerprint density at radius 3 is 2.29 bits per heavy atom. The van der Waals surface area contributed by atoms with E-state index >= 15 is 0 Å². The summed E-state index contributed by atoms with van der Waals surface area (Å²) in [6.45, 7) is 11.5. The Morgan fingerprint density at radius 1 is 1.10 bits per heavy atom. The number of esters is 1. The number of carbonyl (C=O) groups is 2. The molecule has 2 aliphatic rings. The molecule has 2 aromatic rings. The molecule has 168 valence electrons. The molecule has 2 unspecified atom stereocenters. The van der Waals surface area contributed by atoms with Crippen LogP contribution in [0, 0.1) is 11.8 Å². The van der Waals surface area contributed by atoms with Crippen LogP contribution in [-0.4, -0.2) is 29.7 Å². The number of ketones is 1. The van der Waals surface area contributed by atoms with Crippen molar-refractivity contribution in [1.29, 1.82) is 0 Å². The lowest BCUT2D eigenvalue weighted by Gasteiger charge is -2.15. The highest BCUT2D eigenvalue weighted by atomic mass is 35.5. The first-order valence-corrected chi connectivity index (χ1v) is 11.5. The maximum absolute atomic E-state index is 11.4. The van der Waals surface area contributed by atoms with Gasteiger partial charge in [0, 0.05) is 18.1 Å². The van der Waals surface area contributed by atoms with E-state index in [0.717, 1.165) is 18.0 Å². The van der Waals surface area contributed by atoms with Gasteiger partial charge in [-0.1, -0.05) is 74.8 Å². The number of halogens is 1. The van der Waals surface area contributed by atoms with Crippen LogP contribution in [0.4, 0.5) is 0 Å². The van der Waals surface area contributed by atoms with Gasteiger partial charge in [0.05, 0.1) is 12.3 Å². The van der Waals surface area contributed by atoms with Crippen molar-refractivity contribution in [3.63, 3.8) is 0 Å². The van der Waals surface area contributed by atoms with Crippen LogP contribution in [0.2, 0.25) is 5.02 Å². The van der Waals surface area contributed by atoms with Crippen LogP contribution in [0.1, 0.15) is 57.8 Å². The second kappa shape index (κ2) is 12.6. The Balaban J connectivity index is 0.000000208. The largest absolute Gasteiger partial charge is 0.457 e. The standard InChI is InChI=1S/C12H11ClO3.C12H17N.C2H6/c1-7(14)10-6-11(15)16-12(10)8-2-4-9(13)5-3-8;1-11-7-8-13(9-11)10-12-5-3-2-4-6-12;1-2/h2-5,10,12H,6H2,1H3;2-6,11H,7-10H2,1H3;1-2H3/t10-,12?;;/m1../s1. The molecule has 0 radical (unpaired) electrons. The van der Waals surface area contributed by atoms with Crippen molar-refractivity contribution in [1.82, 2.24) is 4.90 Å². The maximum Gasteiger partial charge on any atom is 0.307 e. The van der Waals surface area contributed by atoms with Crippen molar-refractivity contribution in [3.05, 3.63) is 70.7 Å². The number of likely N-dealkylation sites (tertiary alicyclic amines) is 1. The molecule has 2 saturated heterocycles. The average molecular weight is 444 g/mol. The Hall–Kier alpha value is -2.17. The van der Waals surface area contributed by atoms with Gasteiger partial charge in [-0.25, -0.2) is 0 Å². The van der Waals surface area contributed by atoms with Crippen LogP contribution in [0.15, 0.2) is 54.6 Å². The molecule has 0 aliphatic carbocycles. The molecule has 5 heteroatoms.